The Morgan fingerprint density at radius 1 is 0.833 bits per heavy atom. The normalized spacial score (nSPS) is 13.9. The van der Waals surface area contributed by atoms with Crippen molar-refractivity contribution in [2.45, 2.75) is 51.3 Å². The van der Waals surface area contributed by atoms with E-state index in [-0.39, 0.29) is 18.9 Å². The zero-order valence-electron chi connectivity index (χ0n) is 23.8. The molecule has 9 heteroatoms. The first-order valence-electron chi connectivity index (χ1n) is 13.9. The van der Waals surface area contributed by atoms with E-state index in [0.29, 0.717) is 18.6 Å². The summed E-state index contributed by atoms with van der Waals surface area (Å²) in [6.07, 6.45) is 0.506. The van der Waals surface area contributed by atoms with Crippen molar-refractivity contribution in [2.24, 2.45) is 5.92 Å². The summed E-state index contributed by atoms with van der Waals surface area (Å²) in [5, 5.41) is 27.2. The molecule has 220 valence electrons. The van der Waals surface area contributed by atoms with Gasteiger partial charge in [0.05, 0.1) is 17.7 Å². The number of para-hydroxylation sites is 1. The van der Waals surface area contributed by atoms with Crippen LogP contribution in [0.15, 0.2) is 90.6 Å². The highest BCUT2D eigenvalue weighted by atomic mass is 32.1. The van der Waals surface area contributed by atoms with Crippen molar-refractivity contribution in [1.82, 2.24) is 15.6 Å². The Kier molecular flexibility index (Phi) is 11.1. The summed E-state index contributed by atoms with van der Waals surface area (Å²) >= 11 is 1.46. The second kappa shape index (κ2) is 15.1. The van der Waals surface area contributed by atoms with Crippen LogP contribution in [0.25, 0.3) is 0 Å². The van der Waals surface area contributed by atoms with Crippen LogP contribution < -0.4 is 15.4 Å². The third-order valence-electron chi connectivity index (χ3n) is 7.30. The molecule has 4 N–H and O–H groups in total. The van der Waals surface area contributed by atoms with Crippen LogP contribution in [0.4, 0.5) is 4.79 Å². The van der Waals surface area contributed by atoms with Gasteiger partial charge >= 0.3 is 6.09 Å². The minimum absolute atomic E-state index is 0.193. The molecule has 0 aliphatic heterocycles. The SMILES string of the molecule is Cc1cccc(C)c1OCC(=O)N[C@@H](Cc1ccccc1)C(Cc1cncs1)[C@@H](O)[C@H](Cc1ccccc1)NC(=O)O. The minimum Gasteiger partial charge on any atom is -0.483 e. The molecule has 0 spiro atoms. The number of aryl methyl sites for hydroxylation is 2. The van der Waals surface area contributed by atoms with E-state index < -0.39 is 30.2 Å². The zero-order valence-corrected chi connectivity index (χ0v) is 24.6. The maximum Gasteiger partial charge on any atom is 0.404 e. The van der Waals surface area contributed by atoms with Gasteiger partial charge in [-0.2, -0.15) is 0 Å². The number of thiazole rings is 1. The van der Waals surface area contributed by atoms with Crippen molar-refractivity contribution in [3.8, 4) is 5.75 Å². The Balaban J connectivity index is 1.63. The van der Waals surface area contributed by atoms with E-state index in [9.17, 15) is 19.8 Å². The summed E-state index contributed by atoms with van der Waals surface area (Å²) in [7, 11) is 0. The Morgan fingerprint density at radius 2 is 1.43 bits per heavy atom. The number of aromatic nitrogens is 1. The van der Waals surface area contributed by atoms with Crippen LogP contribution >= 0.6 is 11.3 Å². The largest absolute Gasteiger partial charge is 0.483 e. The van der Waals surface area contributed by atoms with Crippen molar-refractivity contribution >= 4 is 23.3 Å². The third-order valence-corrected chi connectivity index (χ3v) is 8.10. The quantitative estimate of drug-likeness (QED) is 0.165. The number of ether oxygens (including phenoxy) is 1. The summed E-state index contributed by atoms with van der Waals surface area (Å²) in [5.74, 6) is -0.205. The van der Waals surface area contributed by atoms with Gasteiger partial charge in [0.15, 0.2) is 6.61 Å². The van der Waals surface area contributed by atoms with Gasteiger partial charge in [0.1, 0.15) is 5.75 Å². The lowest BCUT2D eigenvalue weighted by atomic mass is 9.81. The smallest absolute Gasteiger partial charge is 0.404 e. The fourth-order valence-electron chi connectivity index (χ4n) is 5.25. The van der Waals surface area contributed by atoms with Gasteiger partial charge in [-0.25, -0.2) is 4.79 Å². The highest BCUT2D eigenvalue weighted by Gasteiger charge is 2.36. The molecule has 8 nitrogen and oxygen atoms in total. The van der Waals surface area contributed by atoms with Gasteiger partial charge in [-0.1, -0.05) is 78.9 Å². The van der Waals surface area contributed by atoms with Crippen LogP contribution in [0.3, 0.4) is 0 Å². The summed E-state index contributed by atoms with van der Waals surface area (Å²) < 4.78 is 5.93. The van der Waals surface area contributed by atoms with Gasteiger partial charge in [0.25, 0.3) is 5.91 Å². The molecule has 0 saturated carbocycles. The molecule has 2 amide bonds. The second-order valence-electron chi connectivity index (χ2n) is 10.4. The average molecular weight is 588 g/mol. The van der Waals surface area contributed by atoms with Crippen LogP contribution in [-0.2, 0) is 24.1 Å². The Labute approximate surface area is 250 Å². The van der Waals surface area contributed by atoms with Crippen molar-refractivity contribution in [3.05, 3.63) is 118 Å². The number of aliphatic hydroxyl groups is 1. The summed E-state index contributed by atoms with van der Waals surface area (Å²) in [4.78, 5) is 30.3. The lowest BCUT2D eigenvalue weighted by molar-refractivity contribution is -0.124. The van der Waals surface area contributed by atoms with Gasteiger partial charge in [0.2, 0.25) is 0 Å². The molecule has 0 bridgehead atoms. The second-order valence-corrected chi connectivity index (χ2v) is 11.4. The van der Waals surface area contributed by atoms with Crippen LogP contribution in [0.1, 0.15) is 27.1 Å². The molecule has 42 heavy (non-hydrogen) atoms. The average Bonchev–Trinajstić information content (AvgIpc) is 3.49. The standard InChI is InChI=1S/C33H37N3O5S/c1-22-10-9-11-23(2)32(22)41-20-30(37)35-28(16-24-12-5-3-6-13-24)27(18-26-19-34-21-42-26)31(38)29(36-33(39)40)17-25-14-7-4-8-15-25/h3-15,19,21,27-29,31,36,38H,16-18,20H2,1-2H3,(H,35,37)(H,39,40)/t27?,28-,29-,31+/m0/s1. The van der Waals surface area contributed by atoms with E-state index in [1.54, 1.807) is 11.7 Å². The van der Waals surface area contributed by atoms with E-state index in [4.69, 9.17) is 4.74 Å². The Morgan fingerprint density at radius 3 is 1.98 bits per heavy atom. The molecule has 4 rings (SSSR count). The third kappa shape index (κ3) is 8.89. The molecule has 1 heterocycles. The number of rotatable bonds is 14. The maximum absolute atomic E-state index is 13.4. The van der Waals surface area contributed by atoms with Gasteiger partial charge in [-0.15, -0.1) is 11.3 Å². The molecule has 1 unspecified atom stereocenters. The molecule has 4 atom stereocenters. The number of carbonyl (C=O) groups is 2. The highest BCUT2D eigenvalue weighted by Crippen LogP contribution is 2.26. The maximum atomic E-state index is 13.4. The monoisotopic (exact) mass is 587 g/mol. The highest BCUT2D eigenvalue weighted by molar-refractivity contribution is 7.09. The van der Waals surface area contributed by atoms with Crippen molar-refractivity contribution in [3.63, 3.8) is 0 Å². The molecule has 0 radical (unpaired) electrons. The fourth-order valence-corrected chi connectivity index (χ4v) is 5.92. The van der Waals surface area contributed by atoms with Crippen molar-refractivity contribution in [1.29, 1.82) is 0 Å². The fraction of sp³-hybridized carbons (Fsp3) is 0.303. The molecule has 4 aromatic rings. The van der Waals surface area contributed by atoms with Gasteiger partial charge < -0.3 is 25.6 Å². The molecule has 3 aromatic carbocycles. The number of aliphatic hydroxyl groups excluding tert-OH is 1. The molecule has 0 fully saturated rings. The number of carbonyl (C=O) groups excluding carboxylic acids is 1. The van der Waals surface area contributed by atoms with Gasteiger partial charge in [-0.3, -0.25) is 9.78 Å². The number of hydrogen-bond donors (Lipinski definition) is 4. The van der Waals surface area contributed by atoms with Crippen LogP contribution in [0.2, 0.25) is 0 Å². The Hall–Kier alpha value is -4.21. The first-order chi connectivity index (χ1) is 20.3. The molecule has 0 aliphatic rings. The molecular formula is C33H37N3O5S. The number of amides is 2. The molecular weight excluding hydrogens is 550 g/mol. The number of nitrogens with one attached hydrogen (secondary N) is 2. The first kappa shape index (κ1) is 30.7. The zero-order chi connectivity index (χ0) is 29.9. The van der Waals surface area contributed by atoms with Crippen LogP contribution in [0.5, 0.6) is 5.75 Å². The van der Waals surface area contributed by atoms with Crippen molar-refractivity contribution in [2.75, 3.05) is 6.61 Å². The number of carboxylic acid groups (broad SMARTS) is 1. The first-order valence-corrected chi connectivity index (χ1v) is 14.8. The summed E-state index contributed by atoms with van der Waals surface area (Å²) in [5.41, 5.74) is 5.46. The number of hydrogen-bond acceptors (Lipinski definition) is 6. The molecule has 0 aliphatic carbocycles. The van der Waals surface area contributed by atoms with E-state index in [0.717, 1.165) is 27.1 Å². The predicted octanol–water partition coefficient (Wildman–Crippen LogP) is 4.96. The number of benzene rings is 3. The van der Waals surface area contributed by atoms with Gasteiger partial charge in [-0.05, 0) is 55.4 Å². The van der Waals surface area contributed by atoms with E-state index in [1.807, 2.05) is 92.7 Å². The molecule has 1 aromatic heterocycles. The topological polar surface area (TPSA) is 121 Å². The van der Waals surface area contributed by atoms with E-state index in [2.05, 4.69) is 15.6 Å². The summed E-state index contributed by atoms with van der Waals surface area (Å²) in [6, 6.07) is 23.6. The Bertz CT molecular complexity index is 1400. The van der Waals surface area contributed by atoms with Crippen LogP contribution in [-0.4, -0.2) is 52.0 Å². The lowest BCUT2D eigenvalue weighted by Gasteiger charge is -2.36. The van der Waals surface area contributed by atoms with E-state index >= 15 is 0 Å². The van der Waals surface area contributed by atoms with Gasteiger partial charge in [0, 0.05) is 23.0 Å². The number of nitrogens with zero attached hydrogens (tertiary/aromatic N) is 1. The minimum atomic E-state index is -1.22. The molecule has 0 saturated heterocycles. The predicted molar refractivity (Wildman–Crippen MR) is 164 cm³/mol. The van der Waals surface area contributed by atoms with Crippen LogP contribution in [0, 0.1) is 19.8 Å². The van der Waals surface area contributed by atoms with Crippen molar-refractivity contribution < 1.29 is 24.5 Å². The van der Waals surface area contributed by atoms with E-state index in [1.165, 1.54) is 11.3 Å². The lowest BCUT2D eigenvalue weighted by Crippen LogP contribution is -2.55. The summed E-state index contributed by atoms with van der Waals surface area (Å²) in [6.45, 7) is 3.67.